The van der Waals surface area contributed by atoms with Crippen LogP contribution in [0.1, 0.15) is 17.0 Å². The highest BCUT2D eigenvalue weighted by atomic mass is 35.5. The van der Waals surface area contributed by atoms with E-state index in [4.69, 9.17) is 16.3 Å². The molecule has 23 heavy (non-hydrogen) atoms. The summed E-state index contributed by atoms with van der Waals surface area (Å²) in [5, 5.41) is -0.667. The second kappa shape index (κ2) is 8.53. The van der Waals surface area contributed by atoms with Crippen molar-refractivity contribution in [1.29, 1.82) is 0 Å². The maximum Gasteiger partial charge on any atom is 0.324 e. The van der Waals surface area contributed by atoms with Crippen LogP contribution in [0.4, 0.5) is 0 Å². The lowest BCUT2D eigenvalue weighted by atomic mass is 10.1. The third kappa shape index (κ3) is 5.57. The van der Waals surface area contributed by atoms with E-state index in [-0.39, 0.29) is 0 Å². The van der Waals surface area contributed by atoms with Crippen LogP contribution in [-0.2, 0) is 22.4 Å². The van der Waals surface area contributed by atoms with Crippen LogP contribution < -0.4 is 4.74 Å². The van der Waals surface area contributed by atoms with Crippen LogP contribution in [0.5, 0.6) is 5.75 Å². The van der Waals surface area contributed by atoms with Gasteiger partial charge in [-0.1, -0.05) is 18.2 Å². The second-order valence-electron chi connectivity index (χ2n) is 5.21. The van der Waals surface area contributed by atoms with Crippen molar-refractivity contribution in [3.8, 4) is 5.75 Å². The van der Waals surface area contributed by atoms with Gasteiger partial charge in [-0.15, -0.1) is 11.6 Å². The minimum Gasteiger partial charge on any atom is -0.493 e. The number of carbonyl (C=O) groups is 1. The summed E-state index contributed by atoms with van der Waals surface area (Å²) in [6.07, 6.45) is 1.19. The van der Waals surface area contributed by atoms with Crippen LogP contribution in [0.25, 0.3) is 0 Å². The topological polar surface area (TPSA) is 48.4 Å². The molecule has 1 aromatic carbocycles. The van der Waals surface area contributed by atoms with Crippen molar-refractivity contribution in [3.63, 3.8) is 0 Å². The molecule has 2 rings (SSSR count). The van der Waals surface area contributed by atoms with Crippen molar-refractivity contribution in [2.45, 2.75) is 25.1 Å². The Morgan fingerprint density at radius 3 is 2.61 bits per heavy atom. The van der Waals surface area contributed by atoms with Gasteiger partial charge in [0.1, 0.15) is 11.1 Å². The maximum absolute atomic E-state index is 11.3. The number of benzene rings is 1. The molecular weight excluding hydrogens is 314 g/mol. The Morgan fingerprint density at radius 1 is 1.22 bits per heavy atom. The number of methoxy groups -OCH3 is 1. The Bertz CT molecular complexity index is 643. The number of ether oxygens (including phenoxy) is 2. The lowest BCUT2D eigenvalue weighted by Gasteiger charge is -2.09. The standard InChI is InChI=1S/C18H20ClNO3/c1-13-4-3-5-15(20-13)10-11-23-16-8-6-14(7-9-16)12-17(19)18(21)22-2/h3-9,17H,10-12H2,1-2H3. The molecule has 5 heteroatoms. The molecule has 0 saturated heterocycles. The first-order valence-electron chi connectivity index (χ1n) is 7.44. The van der Waals surface area contributed by atoms with E-state index in [0.29, 0.717) is 13.0 Å². The normalized spacial score (nSPS) is 11.8. The third-order valence-corrected chi connectivity index (χ3v) is 3.70. The molecule has 0 N–H and O–H groups in total. The van der Waals surface area contributed by atoms with Crippen molar-refractivity contribution >= 4 is 17.6 Å². The minimum absolute atomic E-state index is 0.419. The number of esters is 1. The van der Waals surface area contributed by atoms with E-state index >= 15 is 0 Å². The average Bonchev–Trinajstić information content (AvgIpc) is 2.55. The van der Waals surface area contributed by atoms with Gasteiger partial charge in [0.15, 0.2) is 0 Å². The smallest absolute Gasteiger partial charge is 0.324 e. The third-order valence-electron chi connectivity index (χ3n) is 3.37. The number of hydrogen-bond acceptors (Lipinski definition) is 4. The van der Waals surface area contributed by atoms with E-state index in [9.17, 15) is 4.79 Å². The molecule has 4 nitrogen and oxygen atoms in total. The van der Waals surface area contributed by atoms with Gasteiger partial charge in [0.05, 0.1) is 13.7 Å². The molecule has 2 aromatic rings. The molecule has 122 valence electrons. The van der Waals surface area contributed by atoms with Crippen LogP contribution in [0.15, 0.2) is 42.5 Å². The fourth-order valence-corrected chi connectivity index (χ4v) is 2.42. The molecular formula is C18H20ClNO3. The van der Waals surface area contributed by atoms with Crippen LogP contribution in [0.2, 0.25) is 0 Å². The Hall–Kier alpha value is -2.07. The van der Waals surface area contributed by atoms with E-state index in [1.54, 1.807) is 0 Å². The average molecular weight is 334 g/mol. The highest BCUT2D eigenvalue weighted by Crippen LogP contribution is 2.16. The largest absolute Gasteiger partial charge is 0.493 e. The number of nitrogens with zero attached hydrogens (tertiary/aromatic N) is 1. The first-order chi connectivity index (χ1) is 11.1. The van der Waals surface area contributed by atoms with Gasteiger partial charge in [0, 0.05) is 17.8 Å². The van der Waals surface area contributed by atoms with Gasteiger partial charge < -0.3 is 9.47 Å². The zero-order valence-electron chi connectivity index (χ0n) is 13.3. The number of carbonyl (C=O) groups excluding carboxylic acids is 1. The first kappa shape index (κ1) is 17.3. The van der Waals surface area contributed by atoms with Gasteiger partial charge in [-0.3, -0.25) is 9.78 Å². The summed E-state index contributed by atoms with van der Waals surface area (Å²) in [6.45, 7) is 2.54. The lowest BCUT2D eigenvalue weighted by molar-refractivity contribution is -0.140. The Balaban J connectivity index is 1.82. The summed E-state index contributed by atoms with van der Waals surface area (Å²) < 4.78 is 10.3. The lowest BCUT2D eigenvalue weighted by Crippen LogP contribution is -2.18. The van der Waals surface area contributed by atoms with E-state index in [2.05, 4.69) is 9.72 Å². The van der Waals surface area contributed by atoms with Gasteiger partial charge >= 0.3 is 5.97 Å². The van der Waals surface area contributed by atoms with Crippen molar-refractivity contribution in [1.82, 2.24) is 4.98 Å². The van der Waals surface area contributed by atoms with E-state index in [0.717, 1.165) is 29.1 Å². The van der Waals surface area contributed by atoms with Crippen LogP contribution in [0, 0.1) is 6.92 Å². The van der Waals surface area contributed by atoms with Crippen LogP contribution in [-0.4, -0.2) is 30.0 Å². The molecule has 1 atom stereocenters. The second-order valence-corrected chi connectivity index (χ2v) is 5.73. The summed E-state index contributed by atoms with van der Waals surface area (Å²) in [7, 11) is 1.33. The monoisotopic (exact) mass is 333 g/mol. The van der Waals surface area contributed by atoms with Gasteiger partial charge in [0.2, 0.25) is 0 Å². The van der Waals surface area contributed by atoms with Crippen molar-refractivity contribution in [2.75, 3.05) is 13.7 Å². The zero-order chi connectivity index (χ0) is 16.7. The van der Waals surface area contributed by atoms with E-state index in [1.807, 2.05) is 49.4 Å². The minimum atomic E-state index is -0.667. The number of hydrogen-bond donors (Lipinski definition) is 0. The molecule has 1 heterocycles. The van der Waals surface area contributed by atoms with Gasteiger partial charge in [0.25, 0.3) is 0 Å². The number of rotatable bonds is 7. The number of aromatic nitrogens is 1. The van der Waals surface area contributed by atoms with Crippen molar-refractivity contribution in [2.24, 2.45) is 0 Å². The Kier molecular flexibility index (Phi) is 6.41. The molecule has 1 aromatic heterocycles. The predicted molar refractivity (Wildman–Crippen MR) is 90.0 cm³/mol. The molecule has 0 aliphatic carbocycles. The summed E-state index contributed by atoms with van der Waals surface area (Å²) in [6, 6.07) is 13.5. The molecule has 0 saturated carbocycles. The highest BCUT2D eigenvalue weighted by molar-refractivity contribution is 6.30. The fraction of sp³-hybridized carbons (Fsp3) is 0.333. The van der Waals surface area contributed by atoms with E-state index < -0.39 is 11.3 Å². The molecule has 0 aliphatic rings. The molecule has 0 amide bonds. The quantitative estimate of drug-likeness (QED) is 0.576. The molecule has 0 aliphatic heterocycles. The number of halogens is 1. The van der Waals surface area contributed by atoms with Crippen molar-refractivity contribution < 1.29 is 14.3 Å². The Morgan fingerprint density at radius 2 is 1.96 bits per heavy atom. The molecule has 0 fully saturated rings. The van der Waals surface area contributed by atoms with E-state index in [1.165, 1.54) is 7.11 Å². The predicted octanol–water partition coefficient (Wildman–Crippen LogP) is 3.33. The summed E-state index contributed by atoms with van der Waals surface area (Å²) in [4.78, 5) is 15.7. The van der Waals surface area contributed by atoms with Gasteiger partial charge in [-0.05, 0) is 43.2 Å². The first-order valence-corrected chi connectivity index (χ1v) is 7.88. The Labute approximate surface area is 141 Å². The highest BCUT2D eigenvalue weighted by Gasteiger charge is 2.15. The van der Waals surface area contributed by atoms with Crippen molar-refractivity contribution in [3.05, 3.63) is 59.4 Å². The number of aryl methyl sites for hydroxylation is 1. The fourth-order valence-electron chi connectivity index (χ4n) is 2.15. The van der Waals surface area contributed by atoms with Crippen LogP contribution >= 0.6 is 11.6 Å². The number of pyridine rings is 1. The van der Waals surface area contributed by atoms with Gasteiger partial charge in [-0.25, -0.2) is 0 Å². The van der Waals surface area contributed by atoms with Gasteiger partial charge in [-0.2, -0.15) is 0 Å². The SMILES string of the molecule is COC(=O)C(Cl)Cc1ccc(OCCc2cccc(C)n2)cc1. The summed E-state index contributed by atoms with van der Waals surface area (Å²) >= 11 is 5.96. The molecule has 1 unspecified atom stereocenters. The summed E-state index contributed by atoms with van der Waals surface area (Å²) in [5.41, 5.74) is 2.99. The number of alkyl halides is 1. The maximum atomic E-state index is 11.3. The zero-order valence-corrected chi connectivity index (χ0v) is 14.0. The summed E-state index contributed by atoms with van der Waals surface area (Å²) in [5.74, 6) is 0.364. The van der Waals surface area contributed by atoms with Crippen LogP contribution in [0.3, 0.4) is 0 Å². The molecule has 0 bridgehead atoms. The molecule has 0 radical (unpaired) electrons. The molecule has 0 spiro atoms.